The Hall–Kier alpha value is -5.74. The van der Waals surface area contributed by atoms with Crippen LogP contribution in [0.15, 0.2) is 103 Å². The molecule has 11 atom stereocenters. The fraction of sp³-hybridized carbons (Fsp3) is 0.514. The minimum absolute atomic E-state index is 0.0655. The highest BCUT2D eigenvalue weighted by Gasteiger charge is 2.55. The van der Waals surface area contributed by atoms with Crippen molar-refractivity contribution in [2.45, 2.75) is 228 Å². The molecule has 6 aliphatic carbocycles. The molecule has 80 heavy (non-hydrogen) atoms. The van der Waals surface area contributed by atoms with E-state index in [1.54, 1.807) is 11.1 Å². The summed E-state index contributed by atoms with van der Waals surface area (Å²) < 4.78 is 8.57. The van der Waals surface area contributed by atoms with Gasteiger partial charge in [-0.2, -0.15) is 0 Å². The van der Waals surface area contributed by atoms with Crippen LogP contribution in [0.1, 0.15) is 239 Å². The average molecular weight is 1070 g/mol. The number of nitrogens with one attached hydrogen (secondary N) is 2. The van der Waals surface area contributed by atoms with Crippen LogP contribution in [0.5, 0.6) is 0 Å². The number of piperidine rings is 1. The van der Waals surface area contributed by atoms with Gasteiger partial charge < -0.3 is 30.1 Å². The quantitative estimate of drug-likeness (QED) is 0.0767. The number of para-hydroxylation sites is 2. The lowest BCUT2D eigenvalue weighted by Gasteiger charge is -2.59. The Labute approximate surface area is 479 Å². The molecular formula is C74H92N6. The van der Waals surface area contributed by atoms with Crippen molar-refractivity contribution >= 4 is 57.9 Å². The van der Waals surface area contributed by atoms with Crippen LogP contribution in [0.2, 0.25) is 0 Å². The van der Waals surface area contributed by atoms with Crippen LogP contribution >= 0.6 is 0 Å². The Morgan fingerprint density at radius 2 is 1.62 bits per heavy atom. The maximum atomic E-state index is 8.46. The Balaban J connectivity index is 0.967. The van der Waals surface area contributed by atoms with E-state index < -0.39 is 5.54 Å². The van der Waals surface area contributed by atoms with Gasteiger partial charge in [0.2, 0.25) is 0 Å². The van der Waals surface area contributed by atoms with Crippen LogP contribution in [-0.2, 0) is 5.54 Å². The van der Waals surface area contributed by atoms with Crippen molar-refractivity contribution in [3.05, 3.63) is 142 Å². The Morgan fingerprint density at radius 1 is 0.800 bits per heavy atom. The fourth-order valence-corrected chi connectivity index (χ4v) is 18.4. The summed E-state index contributed by atoms with van der Waals surface area (Å²) in [6.07, 6.45) is 53.1. The number of nitrogens with zero attached hydrogens (tertiary/aromatic N) is 3. The molecule has 6 fully saturated rings. The zero-order chi connectivity index (χ0) is 54.5. The van der Waals surface area contributed by atoms with Crippen molar-refractivity contribution in [3.8, 4) is 11.8 Å². The van der Waals surface area contributed by atoms with Gasteiger partial charge in [0.15, 0.2) is 0 Å². The van der Waals surface area contributed by atoms with Crippen molar-refractivity contribution in [3.63, 3.8) is 0 Å². The van der Waals surface area contributed by atoms with Gasteiger partial charge >= 0.3 is 0 Å². The molecule has 6 nitrogen and oxygen atoms in total. The number of hydrogen-bond acceptors (Lipinski definition) is 3. The average Bonchev–Trinajstić information content (AvgIpc) is 4.21. The molecule has 0 radical (unpaired) electrons. The lowest BCUT2D eigenvalue weighted by molar-refractivity contribution is -0.00177. The van der Waals surface area contributed by atoms with Crippen LogP contribution in [0.25, 0.3) is 52.2 Å². The summed E-state index contributed by atoms with van der Waals surface area (Å²) in [6, 6.07) is 19.9. The molecule has 4 bridgehead atoms. The smallest absolute Gasteiger partial charge is 0.0732 e. The van der Waals surface area contributed by atoms with Gasteiger partial charge in [-0.05, 0) is 213 Å². The van der Waals surface area contributed by atoms with E-state index in [1.165, 1.54) is 144 Å². The van der Waals surface area contributed by atoms with E-state index in [2.05, 4.69) is 179 Å². The lowest BCUT2D eigenvalue weighted by Crippen LogP contribution is -2.70. The summed E-state index contributed by atoms with van der Waals surface area (Å²) in [5, 5.41) is 11.3. The maximum absolute atomic E-state index is 8.46. The van der Waals surface area contributed by atoms with E-state index in [4.69, 9.17) is 12.3 Å². The van der Waals surface area contributed by atoms with Crippen molar-refractivity contribution in [2.24, 2.45) is 17.6 Å². The Bertz CT molecular complexity index is 3390. The first-order valence-corrected chi connectivity index (χ1v) is 32.2. The fourth-order valence-electron chi connectivity index (χ4n) is 18.4. The third kappa shape index (κ3) is 9.24. The molecule has 4 N–H and O–H groups in total. The van der Waals surface area contributed by atoms with Gasteiger partial charge in [0.25, 0.3) is 0 Å². The summed E-state index contributed by atoms with van der Waals surface area (Å²) >= 11 is 0. The molecule has 4 saturated carbocycles. The molecule has 418 valence electrons. The van der Waals surface area contributed by atoms with E-state index in [-0.39, 0.29) is 17.6 Å². The lowest BCUT2D eigenvalue weighted by atomic mass is 9.63. The van der Waals surface area contributed by atoms with Gasteiger partial charge in [-0.15, -0.1) is 0 Å². The standard InChI is InChI=1S/C74H92N6/c1-6-25-57-62(26-7-2)78(65-42-22-30-52-29-21-33-55(47-52)69(57)65)71(73-45-24-34-56(49-73)77-73)51(5)28-20-37-60(75)72(79-63-39-18-16-36-59(63)70-67(79)44-43-54-32-14-17-38-61(54)76-70)74(46-23-27-50(4)48-74)80-64-40-19-15-35-58(64)68-53(8-3)31-12-10-9-11-13-41-66(68)80/h6-7,13,15-16,18-19,22,25-26,30,35-36,39-44,51,53-56,60-61,71-72,76-77H,4,8,10,12,14,17,20-21,23-24,27-29,31-34,37-38,45-49,75H2,1-3,5H3/b25-6-,26-7-,41-13-,42-22-,52-30-. The van der Waals surface area contributed by atoms with Gasteiger partial charge in [-0.25, -0.2) is 0 Å². The van der Waals surface area contributed by atoms with E-state index in [0.717, 1.165) is 70.6 Å². The molecule has 3 aliphatic heterocycles. The molecule has 2 aromatic carbocycles. The zero-order valence-corrected chi connectivity index (χ0v) is 49.1. The van der Waals surface area contributed by atoms with E-state index >= 15 is 0 Å². The van der Waals surface area contributed by atoms with Gasteiger partial charge in [0.1, 0.15) is 0 Å². The first-order valence-electron chi connectivity index (χ1n) is 32.2. The zero-order valence-electron chi connectivity index (χ0n) is 49.1. The Morgan fingerprint density at radius 3 is 2.44 bits per heavy atom. The molecule has 3 aromatic heterocycles. The topological polar surface area (TPSA) is 64.9 Å². The number of fused-ring (bicyclic) bond motifs is 13. The number of benzene rings is 2. The summed E-state index contributed by atoms with van der Waals surface area (Å²) in [6.45, 7) is 14.4. The minimum atomic E-state index is -0.420. The van der Waals surface area contributed by atoms with Crippen molar-refractivity contribution < 1.29 is 0 Å². The van der Waals surface area contributed by atoms with E-state index in [0.29, 0.717) is 41.8 Å². The molecule has 5 aromatic rings. The number of anilines is 1. The molecule has 0 amide bonds. The third-order valence-corrected chi connectivity index (χ3v) is 21.5. The van der Waals surface area contributed by atoms with Crippen LogP contribution in [0.3, 0.4) is 0 Å². The molecule has 6 heteroatoms. The van der Waals surface area contributed by atoms with Gasteiger partial charge in [-0.3, -0.25) is 0 Å². The molecule has 0 spiro atoms. The molecule has 14 rings (SSSR count). The summed E-state index contributed by atoms with van der Waals surface area (Å²) in [4.78, 5) is 0. The predicted molar refractivity (Wildman–Crippen MR) is 341 cm³/mol. The SMILES string of the molecule is C=C1CCCC(C(C(N)CCCC(C)C(n2c(/C=C\C)c(/C=C\C)c3c2/C=C\C=C2\CCCC3C2)C23CCCC(C2)N3)n2c3c(c4ccccc42)NC2CCCCC2C=C3)(n2c3c(c4ccccc42)C(CC)CCCC#C/C=C\3)C1. The highest BCUT2D eigenvalue weighted by atomic mass is 15.2. The van der Waals surface area contributed by atoms with Crippen LogP contribution in [-0.4, -0.2) is 37.4 Å². The minimum Gasteiger partial charge on any atom is -0.379 e. The molecule has 6 heterocycles. The number of rotatable bonds is 14. The van der Waals surface area contributed by atoms with Crippen LogP contribution in [0.4, 0.5) is 5.69 Å². The van der Waals surface area contributed by atoms with Crippen LogP contribution in [0, 0.1) is 23.7 Å². The monoisotopic (exact) mass is 1060 g/mol. The highest BCUT2D eigenvalue weighted by molar-refractivity contribution is 5.99. The third-order valence-electron chi connectivity index (χ3n) is 21.5. The largest absolute Gasteiger partial charge is 0.379 e. The normalized spacial score (nSPS) is 30.2. The first kappa shape index (κ1) is 53.6. The molecule has 11 unspecified atom stereocenters. The van der Waals surface area contributed by atoms with Gasteiger partial charge in [0, 0.05) is 69.0 Å². The summed E-state index contributed by atoms with van der Waals surface area (Å²) in [7, 11) is 0. The number of allylic oxidation sites excluding steroid dienone is 7. The number of nitrogens with two attached hydrogens (primary N) is 1. The first-order chi connectivity index (χ1) is 39.3. The van der Waals surface area contributed by atoms with Crippen molar-refractivity contribution in [1.82, 2.24) is 19.0 Å². The van der Waals surface area contributed by atoms with Gasteiger partial charge in [-0.1, -0.05) is 136 Å². The second-order valence-corrected chi connectivity index (χ2v) is 26.4. The van der Waals surface area contributed by atoms with E-state index in [1.807, 2.05) is 0 Å². The van der Waals surface area contributed by atoms with E-state index in [9.17, 15) is 0 Å². The van der Waals surface area contributed by atoms with Crippen molar-refractivity contribution in [2.75, 3.05) is 5.32 Å². The second kappa shape index (κ2) is 22.5. The second-order valence-electron chi connectivity index (χ2n) is 26.4. The molecular weight excluding hydrogens is 973 g/mol. The van der Waals surface area contributed by atoms with Gasteiger partial charge in [0.05, 0.1) is 34.5 Å². The number of aromatic nitrogens is 3. The summed E-state index contributed by atoms with van der Waals surface area (Å²) in [5.41, 5.74) is 25.0. The predicted octanol–water partition coefficient (Wildman–Crippen LogP) is 18.5. The Kier molecular flexibility index (Phi) is 15.1. The maximum Gasteiger partial charge on any atom is 0.0732 e. The van der Waals surface area contributed by atoms with Crippen LogP contribution < -0.4 is 16.4 Å². The van der Waals surface area contributed by atoms with Crippen molar-refractivity contribution in [1.29, 1.82) is 0 Å². The number of hydrogen-bond donors (Lipinski definition) is 3. The molecule has 9 aliphatic rings. The molecule has 2 saturated heterocycles. The highest BCUT2D eigenvalue weighted by Crippen LogP contribution is 2.56. The summed E-state index contributed by atoms with van der Waals surface area (Å²) in [5.74, 6) is 8.94.